The van der Waals surface area contributed by atoms with Crippen LogP contribution >= 0.6 is 0 Å². The Morgan fingerprint density at radius 1 is 1.32 bits per heavy atom. The molecule has 1 aromatic carbocycles. The van der Waals surface area contributed by atoms with Gasteiger partial charge in [-0.1, -0.05) is 12.1 Å². The molecule has 0 amide bonds. The largest absolute Gasteiger partial charge is 0.481 e. The van der Waals surface area contributed by atoms with Crippen molar-refractivity contribution >= 4 is 21.5 Å². The molecule has 0 aliphatic carbocycles. The van der Waals surface area contributed by atoms with Gasteiger partial charge in [-0.2, -0.15) is 8.78 Å². The van der Waals surface area contributed by atoms with Crippen molar-refractivity contribution in [3.63, 3.8) is 0 Å². The Bertz CT molecular complexity index is 545. The number of carbonyl (C=O) groups is 1. The molecule has 0 radical (unpaired) electrons. The van der Waals surface area contributed by atoms with Crippen molar-refractivity contribution in [2.24, 2.45) is 0 Å². The zero-order chi connectivity index (χ0) is 14.5. The number of benzene rings is 1. The van der Waals surface area contributed by atoms with Crippen LogP contribution in [0.25, 0.3) is 0 Å². The number of anilines is 1. The number of rotatable bonds is 7. The minimum Gasteiger partial charge on any atom is -0.481 e. The zero-order valence-electron chi connectivity index (χ0n) is 9.84. The zero-order valence-corrected chi connectivity index (χ0v) is 10.7. The van der Waals surface area contributed by atoms with E-state index in [-0.39, 0.29) is 25.1 Å². The van der Waals surface area contributed by atoms with E-state index in [0.717, 1.165) is 6.07 Å². The summed E-state index contributed by atoms with van der Waals surface area (Å²) in [5, 5.41) is 11.1. The van der Waals surface area contributed by atoms with Crippen LogP contribution in [0.3, 0.4) is 0 Å². The van der Waals surface area contributed by atoms with E-state index >= 15 is 0 Å². The fourth-order valence-corrected chi connectivity index (χ4v) is 2.33. The van der Waals surface area contributed by atoms with Gasteiger partial charge in [-0.3, -0.25) is 4.79 Å². The first kappa shape index (κ1) is 15.4. The molecule has 19 heavy (non-hydrogen) atoms. The Kier molecular flexibility index (Phi) is 5.22. The van der Waals surface area contributed by atoms with Crippen LogP contribution in [-0.2, 0) is 14.6 Å². The summed E-state index contributed by atoms with van der Waals surface area (Å²) in [5.41, 5.74) is 0.0492. The van der Waals surface area contributed by atoms with Crippen molar-refractivity contribution < 1.29 is 27.1 Å². The third kappa shape index (κ3) is 4.16. The summed E-state index contributed by atoms with van der Waals surface area (Å²) in [7, 11) is -4.67. The molecule has 0 unspecified atom stereocenters. The van der Waals surface area contributed by atoms with Crippen molar-refractivity contribution in [1.82, 2.24) is 0 Å². The maximum atomic E-state index is 12.5. The number of alkyl halides is 2. The highest BCUT2D eigenvalue weighted by molar-refractivity contribution is 7.91. The molecule has 1 aromatic rings. The van der Waals surface area contributed by atoms with Gasteiger partial charge in [-0.15, -0.1) is 0 Å². The lowest BCUT2D eigenvalue weighted by Gasteiger charge is -2.11. The first-order valence-electron chi connectivity index (χ1n) is 5.42. The number of hydrogen-bond donors (Lipinski definition) is 2. The third-order valence-electron chi connectivity index (χ3n) is 2.31. The molecule has 2 N–H and O–H groups in total. The summed E-state index contributed by atoms with van der Waals surface area (Å²) in [6.07, 6.45) is 0.176. The molecule has 0 aliphatic heterocycles. The van der Waals surface area contributed by atoms with Gasteiger partial charge in [0.2, 0.25) is 9.84 Å². The number of carboxylic acid groups (broad SMARTS) is 1. The van der Waals surface area contributed by atoms with E-state index < -0.39 is 26.5 Å². The van der Waals surface area contributed by atoms with Gasteiger partial charge < -0.3 is 10.4 Å². The number of carboxylic acids is 1. The quantitative estimate of drug-likeness (QED) is 0.751. The van der Waals surface area contributed by atoms with E-state index in [0.29, 0.717) is 0 Å². The lowest BCUT2D eigenvalue weighted by Crippen LogP contribution is -2.15. The fraction of sp³-hybridized carbons (Fsp3) is 0.364. The van der Waals surface area contributed by atoms with Crippen molar-refractivity contribution in [3.05, 3.63) is 24.3 Å². The number of para-hydroxylation sites is 1. The highest BCUT2D eigenvalue weighted by Gasteiger charge is 2.28. The van der Waals surface area contributed by atoms with Crippen molar-refractivity contribution in [1.29, 1.82) is 0 Å². The van der Waals surface area contributed by atoms with Gasteiger partial charge in [0.05, 0.1) is 10.6 Å². The molecule has 0 aliphatic rings. The highest BCUT2D eigenvalue weighted by Crippen LogP contribution is 2.25. The van der Waals surface area contributed by atoms with Crippen LogP contribution < -0.4 is 5.32 Å². The van der Waals surface area contributed by atoms with Gasteiger partial charge in [-0.05, 0) is 18.6 Å². The normalized spacial score (nSPS) is 11.5. The maximum Gasteiger partial charge on any atom is 0.341 e. The summed E-state index contributed by atoms with van der Waals surface area (Å²) in [6, 6.07) is 5.29. The minimum absolute atomic E-state index is 0.0492. The van der Waals surface area contributed by atoms with Crippen LogP contribution in [0.2, 0.25) is 0 Å². The third-order valence-corrected chi connectivity index (χ3v) is 3.75. The Morgan fingerprint density at radius 2 is 1.95 bits per heavy atom. The first-order chi connectivity index (χ1) is 8.85. The second kappa shape index (κ2) is 6.46. The summed E-state index contributed by atoms with van der Waals surface area (Å²) < 4.78 is 47.8. The minimum atomic E-state index is -4.67. The van der Waals surface area contributed by atoms with E-state index in [4.69, 9.17) is 5.11 Å². The number of nitrogens with one attached hydrogen (secondary N) is 1. The van der Waals surface area contributed by atoms with Crippen LogP contribution in [-0.4, -0.2) is 31.8 Å². The van der Waals surface area contributed by atoms with Crippen molar-refractivity contribution in [2.75, 3.05) is 11.9 Å². The Hall–Kier alpha value is -1.70. The second-order valence-electron chi connectivity index (χ2n) is 3.73. The number of aliphatic carboxylic acids is 1. The fourth-order valence-electron chi connectivity index (χ4n) is 1.42. The van der Waals surface area contributed by atoms with Crippen LogP contribution in [0, 0.1) is 0 Å². The molecule has 0 bridgehead atoms. The van der Waals surface area contributed by atoms with Gasteiger partial charge in [-0.25, -0.2) is 8.42 Å². The Labute approximate surface area is 109 Å². The number of sulfone groups is 1. The average Bonchev–Trinajstić information content (AvgIpc) is 2.34. The molecule has 0 spiro atoms. The van der Waals surface area contributed by atoms with Gasteiger partial charge in [0.15, 0.2) is 0 Å². The molecule has 5 nitrogen and oxygen atoms in total. The van der Waals surface area contributed by atoms with Crippen LogP contribution in [0.5, 0.6) is 0 Å². The van der Waals surface area contributed by atoms with Crippen LogP contribution in [0.15, 0.2) is 29.2 Å². The molecule has 0 saturated carbocycles. The molecule has 8 heteroatoms. The monoisotopic (exact) mass is 293 g/mol. The molecule has 1 rings (SSSR count). The van der Waals surface area contributed by atoms with Crippen molar-refractivity contribution in [2.45, 2.75) is 23.5 Å². The van der Waals surface area contributed by atoms with E-state index in [9.17, 15) is 22.0 Å². The molecule has 0 heterocycles. The van der Waals surface area contributed by atoms with Crippen molar-refractivity contribution in [3.8, 4) is 0 Å². The molecular formula is C11H13F2NO4S. The van der Waals surface area contributed by atoms with Gasteiger partial charge in [0.1, 0.15) is 0 Å². The van der Waals surface area contributed by atoms with Crippen LogP contribution in [0.4, 0.5) is 14.5 Å². The highest BCUT2D eigenvalue weighted by atomic mass is 32.2. The maximum absolute atomic E-state index is 12.5. The van der Waals surface area contributed by atoms with Crippen LogP contribution in [0.1, 0.15) is 12.8 Å². The Morgan fingerprint density at radius 3 is 2.53 bits per heavy atom. The molecular weight excluding hydrogens is 280 g/mol. The second-order valence-corrected chi connectivity index (χ2v) is 5.61. The summed E-state index contributed by atoms with van der Waals surface area (Å²) in [6.45, 7) is 0.183. The number of halogens is 2. The molecule has 0 aromatic heterocycles. The van der Waals surface area contributed by atoms with E-state index in [1.807, 2.05) is 0 Å². The molecule has 0 saturated heterocycles. The standard InChI is InChI=1S/C11H13F2NO4S/c12-11(13)19(17,18)9-5-2-1-4-8(9)14-7-3-6-10(15)16/h1-2,4-5,11,14H,3,6-7H2,(H,15,16). The van der Waals surface area contributed by atoms with Gasteiger partial charge in [0.25, 0.3) is 0 Å². The van der Waals surface area contributed by atoms with E-state index in [1.54, 1.807) is 0 Å². The van der Waals surface area contributed by atoms with Gasteiger partial charge >= 0.3 is 11.7 Å². The topological polar surface area (TPSA) is 83.5 Å². The van der Waals surface area contributed by atoms with Gasteiger partial charge in [0, 0.05) is 13.0 Å². The summed E-state index contributed by atoms with van der Waals surface area (Å²) >= 11 is 0. The predicted molar refractivity (Wildman–Crippen MR) is 65.0 cm³/mol. The number of hydrogen-bond acceptors (Lipinski definition) is 4. The predicted octanol–water partition coefficient (Wildman–Crippen LogP) is 1.96. The summed E-state index contributed by atoms with van der Waals surface area (Å²) in [4.78, 5) is 9.82. The summed E-state index contributed by atoms with van der Waals surface area (Å²) in [5.74, 6) is -4.47. The molecule has 0 fully saturated rings. The smallest absolute Gasteiger partial charge is 0.341 e. The molecule has 106 valence electrons. The average molecular weight is 293 g/mol. The molecule has 0 atom stereocenters. The Balaban J connectivity index is 2.83. The lowest BCUT2D eigenvalue weighted by atomic mass is 10.3. The lowest BCUT2D eigenvalue weighted by molar-refractivity contribution is -0.137. The first-order valence-corrected chi connectivity index (χ1v) is 6.97. The van der Waals surface area contributed by atoms with E-state index in [1.165, 1.54) is 18.2 Å². The SMILES string of the molecule is O=C(O)CCCNc1ccccc1S(=O)(=O)C(F)F. The van der Waals surface area contributed by atoms with E-state index in [2.05, 4.69) is 5.32 Å².